The Labute approximate surface area is 127 Å². The van der Waals surface area contributed by atoms with Gasteiger partial charge in [0.2, 0.25) is 0 Å². The summed E-state index contributed by atoms with van der Waals surface area (Å²) in [7, 11) is 0. The molecule has 1 aromatic carbocycles. The van der Waals surface area contributed by atoms with Gasteiger partial charge < -0.3 is 0 Å². The van der Waals surface area contributed by atoms with Gasteiger partial charge in [0.25, 0.3) is 0 Å². The third kappa shape index (κ3) is 3.24. The zero-order chi connectivity index (χ0) is 13.8. The second-order valence-electron chi connectivity index (χ2n) is 5.83. The summed E-state index contributed by atoms with van der Waals surface area (Å²) < 4.78 is 0. The highest BCUT2D eigenvalue weighted by Gasteiger charge is 2.27. The molecule has 0 amide bonds. The van der Waals surface area contributed by atoms with Crippen molar-refractivity contribution in [3.63, 3.8) is 0 Å². The predicted octanol–water partition coefficient (Wildman–Crippen LogP) is 6.00. The molecule has 0 heterocycles. The molecule has 1 unspecified atom stereocenters. The minimum absolute atomic E-state index is 0.575. The van der Waals surface area contributed by atoms with Gasteiger partial charge >= 0.3 is 0 Å². The Bertz CT molecular complexity index is 391. The third-order valence-electron chi connectivity index (χ3n) is 4.67. The lowest BCUT2D eigenvalue weighted by molar-refractivity contribution is 0.537. The molecule has 0 aliphatic heterocycles. The summed E-state index contributed by atoms with van der Waals surface area (Å²) in [6.45, 7) is 6.86. The maximum atomic E-state index is 4.04. The van der Waals surface area contributed by atoms with Crippen LogP contribution in [0.25, 0.3) is 0 Å². The molecule has 1 fully saturated rings. The highest BCUT2D eigenvalue weighted by atomic mass is 79.9. The first kappa shape index (κ1) is 15.1. The number of benzene rings is 1. The van der Waals surface area contributed by atoms with Crippen molar-refractivity contribution in [3.8, 4) is 0 Å². The normalized spacial score (nSPS) is 17.9. The molecule has 106 valence electrons. The van der Waals surface area contributed by atoms with Gasteiger partial charge in [0, 0.05) is 4.83 Å². The molecular weight excluding hydrogens is 296 g/mol. The van der Waals surface area contributed by atoms with E-state index < -0.39 is 0 Å². The van der Waals surface area contributed by atoms with Crippen LogP contribution in [0.4, 0.5) is 0 Å². The van der Waals surface area contributed by atoms with Crippen molar-refractivity contribution >= 4 is 15.9 Å². The van der Waals surface area contributed by atoms with Crippen molar-refractivity contribution in [2.45, 2.75) is 70.5 Å². The molecule has 0 bridgehead atoms. The molecular formula is C18H27Br. The number of hydrogen-bond donors (Lipinski definition) is 0. The SMILES string of the molecule is CCc1cc(CC)c(C(Br)C2CCCC2)c(CC)c1. The van der Waals surface area contributed by atoms with E-state index in [2.05, 4.69) is 48.8 Å². The highest BCUT2D eigenvalue weighted by Crippen LogP contribution is 2.44. The van der Waals surface area contributed by atoms with Gasteiger partial charge in [-0.15, -0.1) is 0 Å². The lowest BCUT2D eigenvalue weighted by atomic mass is 9.87. The summed E-state index contributed by atoms with van der Waals surface area (Å²) in [6.07, 6.45) is 9.10. The van der Waals surface area contributed by atoms with E-state index in [1.165, 1.54) is 31.2 Å². The van der Waals surface area contributed by atoms with Crippen molar-refractivity contribution < 1.29 is 0 Å². The quantitative estimate of drug-likeness (QED) is 0.583. The molecule has 1 aliphatic rings. The van der Waals surface area contributed by atoms with Crippen molar-refractivity contribution in [2.75, 3.05) is 0 Å². The van der Waals surface area contributed by atoms with Crippen LogP contribution in [0.2, 0.25) is 0 Å². The van der Waals surface area contributed by atoms with Gasteiger partial charge in [-0.1, -0.05) is 61.7 Å². The van der Waals surface area contributed by atoms with Gasteiger partial charge in [0.05, 0.1) is 0 Å². The zero-order valence-electron chi connectivity index (χ0n) is 12.6. The summed E-state index contributed by atoms with van der Waals surface area (Å²) >= 11 is 4.04. The summed E-state index contributed by atoms with van der Waals surface area (Å²) in [4.78, 5) is 0.575. The van der Waals surface area contributed by atoms with E-state index in [4.69, 9.17) is 0 Å². The summed E-state index contributed by atoms with van der Waals surface area (Å²) in [5, 5.41) is 0. The van der Waals surface area contributed by atoms with Crippen LogP contribution < -0.4 is 0 Å². The van der Waals surface area contributed by atoms with E-state index in [-0.39, 0.29) is 0 Å². The van der Waals surface area contributed by atoms with Gasteiger partial charge in [-0.25, -0.2) is 0 Å². The fourth-order valence-electron chi connectivity index (χ4n) is 3.48. The number of hydrogen-bond acceptors (Lipinski definition) is 0. The second kappa shape index (κ2) is 6.92. The van der Waals surface area contributed by atoms with Crippen LogP contribution >= 0.6 is 15.9 Å². The van der Waals surface area contributed by atoms with E-state index in [1.807, 2.05) is 0 Å². The average Bonchev–Trinajstić information content (AvgIpc) is 2.99. The van der Waals surface area contributed by atoms with Crippen molar-refractivity contribution in [1.29, 1.82) is 0 Å². The Morgan fingerprint density at radius 3 is 1.95 bits per heavy atom. The predicted molar refractivity (Wildman–Crippen MR) is 88.2 cm³/mol. The summed E-state index contributed by atoms with van der Waals surface area (Å²) in [5.74, 6) is 0.850. The minimum Gasteiger partial charge on any atom is -0.0836 e. The molecule has 0 spiro atoms. The van der Waals surface area contributed by atoms with E-state index in [0.29, 0.717) is 4.83 Å². The smallest absolute Gasteiger partial charge is 0.0428 e. The summed E-state index contributed by atoms with van der Waals surface area (Å²) in [5.41, 5.74) is 6.27. The first-order valence-electron chi connectivity index (χ1n) is 7.99. The van der Waals surface area contributed by atoms with Gasteiger partial charge in [0.1, 0.15) is 0 Å². The molecule has 0 nitrogen and oxygen atoms in total. The van der Waals surface area contributed by atoms with Gasteiger partial charge in [0.15, 0.2) is 0 Å². The molecule has 1 atom stereocenters. The molecule has 0 radical (unpaired) electrons. The molecule has 0 aromatic heterocycles. The molecule has 2 rings (SSSR count). The molecule has 1 heteroatoms. The van der Waals surface area contributed by atoms with Gasteiger partial charge in [-0.05, 0) is 60.3 Å². The van der Waals surface area contributed by atoms with Crippen LogP contribution in [0.15, 0.2) is 12.1 Å². The Balaban J connectivity index is 2.40. The summed E-state index contributed by atoms with van der Waals surface area (Å²) in [6, 6.07) is 4.88. The highest BCUT2D eigenvalue weighted by molar-refractivity contribution is 9.09. The van der Waals surface area contributed by atoms with Crippen molar-refractivity contribution in [1.82, 2.24) is 0 Å². The number of rotatable bonds is 5. The lowest BCUT2D eigenvalue weighted by Crippen LogP contribution is -2.10. The standard InChI is InChI=1S/C18H27Br/c1-4-13-11-14(5-2)17(15(6-3)12-13)18(19)16-9-7-8-10-16/h11-12,16,18H,4-10H2,1-3H3. The van der Waals surface area contributed by atoms with E-state index in [9.17, 15) is 0 Å². The van der Waals surface area contributed by atoms with E-state index in [0.717, 1.165) is 25.2 Å². The Hall–Kier alpha value is -0.300. The average molecular weight is 323 g/mol. The largest absolute Gasteiger partial charge is 0.0836 e. The van der Waals surface area contributed by atoms with E-state index in [1.54, 1.807) is 16.7 Å². The molecule has 1 aromatic rings. The first-order chi connectivity index (χ1) is 9.21. The minimum atomic E-state index is 0.575. The molecule has 1 aliphatic carbocycles. The van der Waals surface area contributed by atoms with Crippen molar-refractivity contribution in [2.24, 2.45) is 5.92 Å². The molecule has 1 saturated carbocycles. The van der Waals surface area contributed by atoms with Crippen LogP contribution in [-0.2, 0) is 19.3 Å². The number of aryl methyl sites for hydroxylation is 3. The Morgan fingerprint density at radius 1 is 1.00 bits per heavy atom. The topological polar surface area (TPSA) is 0 Å². The monoisotopic (exact) mass is 322 g/mol. The van der Waals surface area contributed by atoms with Crippen LogP contribution in [0, 0.1) is 5.92 Å². The second-order valence-corrected chi connectivity index (χ2v) is 6.82. The van der Waals surface area contributed by atoms with Gasteiger partial charge in [-0.3, -0.25) is 0 Å². The fourth-order valence-corrected chi connectivity index (χ4v) is 4.60. The Morgan fingerprint density at radius 2 is 1.53 bits per heavy atom. The van der Waals surface area contributed by atoms with Crippen LogP contribution in [0.5, 0.6) is 0 Å². The maximum absolute atomic E-state index is 4.04. The zero-order valence-corrected chi connectivity index (χ0v) is 14.2. The van der Waals surface area contributed by atoms with Crippen molar-refractivity contribution in [3.05, 3.63) is 34.4 Å². The van der Waals surface area contributed by atoms with Gasteiger partial charge in [-0.2, -0.15) is 0 Å². The third-order valence-corrected chi connectivity index (χ3v) is 5.88. The van der Waals surface area contributed by atoms with Crippen LogP contribution in [-0.4, -0.2) is 0 Å². The number of halogens is 1. The molecule has 0 saturated heterocycles. The molecule has 19 heavy (non-hydrogen) atoms. The maximum Gasteiger partial charge on any atom is 0.0428 e. The Kier molecular flexibility index (Phi) is 5.50. The number of alkyl halides is 1. The van der Waals surface area contributed by atoms with E-state index >= 15 is 0 Å². The van der Waals surface area contributed by atoms with Crippen LogP contribution in [0.3, 0.4) is 0 Å². The molecule has 0 N–H and O–H groups in total. The first-order valence-corrected chi connectivity index (χ1v) is 8.91. The lowest BCUT2D eigenvalue weighted by Gasteiger charge is -2.24. The fraction of sp³-hybridized carbons (Fsp3) is 0.667. The van der Waals surface area contributed by atoms with Crippen LogP contribution in [0.1, 0.15) is 73.5 Å².